The van der Waals surface area contributed by atoms with Gasteiger partial charge in [0, 0.05) is 18.7 Å². The molecule has 0 saturated carbocycles. The Morgan fingerprint density at radius 1 is 1.58 bits per heavy atom. The molecule has 1 rings (SSSR count). The number of nitrogens with one attached hydrogen (secondary N) is 1. The molecule has 12 heavy (non-hydrogen) atoms. The normalized spacial score (nSPS) is 35.8. The highest BCUT2D eigenvalue weighted by Crippen LogP contribution is 2.28. The Balaban J connectivity index is 2.31. The first-order valence-electron chi connectivity index (χ1n) is 5.06. The summed E-state index contributed by atoms with van der Waals surface area (Å²) in [5.41, 5.74) is 0.309. The van der Waals surface area contributed by atoms with E-state index in [2.05, 4.69) is 19.2 Å². The summed E-state index contributed by atoms with van der Waals surface area (Å²) in [4.78, 5) is 0. The Morgan fingerprint density at radius 3 is 2.83 bits per heavy atom. The molecule has 0 bridgehead atoms. The first-order chi connectivity index (χ1) is 5.70. The zero-order valence-electron chi connectivity index (χ0n) is 8.27. The van der Waals surface area contributed by atoms with Crippen LogP contribution in [0.25, 0.3) is 0 Å². The van der Waals surface area contributed by atoms with Crippen molar-refractivity contribution in [3.8, 4) is 0 Å². The van der Waals surface area contributed by atoms with E-state index in [1.807, 2.05) is 0 Å². The summed E-state index contributed by atoms with van der Waals surface area (Å²) >= 11 is 0. The lowest BCUT2D eigenvalue weighted by atomic mass is 9.90. The highest BCUT2D eigenvalue weighted by Gasteiger charge is 2.33. The van der Waals surface area contributed by atoms with Crippen LogP contribution in [0.3, 0.4) is 0 Å². The molecule has 0 radical (unpaired) electrons. The Bertz CT molecular complexity index is 138. The van der Waals surface area contributed by atoms with Crippen LogP contribution in [0.2, 0.25) is 0 Å². The van der Waals surface area contributed by atoms with E-state index in [1.165, 1.54) is 19.3 Å². The van der Waals surface area contributed by atoms with E-state index in [4.69, 9.17) is 5.11 Å². The summed E-state index contributed by atoms with van der Waals surface area (Å²) < 4.78 is 0. The molecular weight excluding hydrogens is 150 g/mol. The highest BCUT2D eigenvalue weighted by molar-refractivity contribution is 4.92. The van der Waals surface area contributed by atoms with Crippen molar-refractivity contribution in [2.24, 2.45) is 5.92 Å². The molecule has 1 saturated heterocycles. The van der Waals surface area contributed by atoms with Crippen molar-refractivity contribution in [1.82, 2.24) is 5.32 Å². The Labute approximate surface area is 75.4 Å². The molecule has 0 aromatic heterocycles. The predicted molar refractivity (Wildman–Crippen MR) is 51.1 cm³/mol. The van der Waals surface area contributed by atoms with E-state index >= 15 is 0 Å². The molecule has 0 aromatic rings. The molecule has 1 fully saturated rings. The van der Waals surface area contributed by atoms with Crippen molar-refractivity contribution in [2.75, 3.05) is 13.2 Å². The molecule has 0 aromatic carbocycles. The van der Waals surface area contributed by atoms with Crippen molar-refractivity contribution in [1.29, 1.82) is 0 Å². The molecule has 0 aliphatic carbocycles. The minimum atomic E-state index is 0.309. The van der Waals surface area contributed by atoms with E-state index in [0.29, 0.717) is 18.1 Å². The van der Waals surface area contributed by atoms with Crippen molar-refractivity contribution >= 4 is 0 Å². The molecule has 2 unspecified atom stereocenters. The van der Waals surface area contributed by atoms with Crippen molar-refractivity contribution in [3.05, 3.63) is 0 Å². The summed E-state index contributed by atoms with van der Waals surface area (Å²) in [5, 5.41) is 12.5. The molecule has 0 spiro atoms. The molecule has 0 amide bonds. The van der Waals surface area contributed by atoms with Gasteiger partial charge in [-0.3, -0.25) is 0 Å². The standard InChI is InChI=1S/C10H21NO/c1-3-4-5-10(2)6-9(8-12)7-11-10/h9,11-12H,3-8H2,1-2H3. The summed E-state index contributed by atoms with van der Waals surface area (Å²) in [6.07, 6.45) is 4.95. The molecule has 1 heterocycles. The molecule has 2 atom stereocenters. The molecule has 1 aliphatic rings. The number of aliphatic hydroxyl groups is 1. The van der Waals surface area contributed by atoms with Gasteiger partial charge in [0.2, 0.25) is 0 Å². The van der Waals surface area contributed by atoms with Gasteiger partial charge in [0.15, 0.2) is 0 Å². The lowest BCUT2D eigenvalue weighted by Gasteiger charge is -2.24. The zero-order valence-corrected chi connectivity index (χ0v) is 8.27. The van der Waals surface area contributed by atoms with Gasteiger partial charge in [-0.2, -0.15) is 0 Å². The van der Waals surface area contributed by atoms with Crippen LogP contribution in [0.4, 0.5) is 0 Å². The third-order valence-electron chi connectivity index (χ3n) is 2.90. The fraction of sp³-hybridized carbons (Fsp3) is 1.00. The van der Waals surface area contributed by atoms with Gasteiger partial charge in [0.25, 0.3) is 0 Å². The monoisotopic (exact) mass is 171 g/mol. The van der Waals surface area contributed by atoms with Gasteiger partial charge in [-0.05, 0) is 25.7 Å². The van der Waals surface area contributed by atoms with Crippen molar-refractivity contribution in [2.45, 2.75) is 45.1 Å². The lowest BCUT2D eigenvalue weighted by molar-refractivity contribution is 0.229. The van der Waals surface area contributed by atoms with Gasteiger partial charge in [-0.15, -0.1) is 0 Å². The SMILES string of the molecule is CCCCC1(C)CC(CO)CN1. The molecule has 72 valence electrons. The smallest absolute Gasteiger partial charge is 0.0472 e. The van der Waals surface area contributed by atoms with Crippen molar-refractivity contribution < 1.29 is 5.11 Å². The predicted octanol–water partition coefficient (Wildman–Crippen LogP) is 1.54. The summed E-state index contributed by atoms with van der Waals surface area (Å²) in [6.45, 7) is 5.84. The minimum absolute atomic E-state index is 0.309. The van der Waals surface area contributed by atoms with Gasteiger partial charge < -0.3 is 10.4 Å². The number of hydrogen-bond acceptors (Lipinski definition) is 2. The molecule has 2 nitrogen and oxygen atoms in total. The average Bonchev–Trinajstić information content (AvgIpc) is 2.45. The lowest BCUT2D eigenvalue weighted by Crippen LogP contribution is -2.35. The van der Waals surface area contributed by atoms with Crippen LogP contribution in [0.15, 0.2) is 0 Å². The van der Waals surface area contributed by atoms with Crippen LogP contribution in [-0.2, 0) is 0 Å². The number of hydrogen-bond donors (Lipinski definition) is 2. The van der Waals surface area contributed by atoms with Gasteiger partial charge in [-0.25, -0.2) is 0 Å². The third kappa shape index (κ3) is 2.46. The van der Waals surface area contributed by atoms with E-state index in [9.17, 15) is 0 Å². The fourth-order valence-corrected chi connectivity index (χ4v) is 2.06. The maximum absolute atomic E-state index is 8.98. The number of unbranched alkanes of at least 4 members (excludes halogenated alkanes) is 1. The third-order valence-corrected chi connectivity index (χ3v) is 2.90. The minimum Gasteiger partial charge on any atom is -0.396 e. The second kappa shape index (κ2) is 4.24. The van der Waals surface area contributed by atoms with Crippen LogP contribution in [0.1, 0.15) is 39.5 Å². The summed E-state index contributed by atoms with van der Waals surface area (Å²) in [7, 11) is 0. The van der Waals surface area contributed by atoms with Crippen LogP contribution in [0.5, 0.6) is 0 Å². The summed E-state index contributed by atoms with van der Waals surface area (Å²) in [6, 6.07) is 0. The van der Waals surface area contributed by atoms with E-state index in [-0.39, 0.29) is 0 Å². The zero-order chi connectivity index (χ0) is 9.03. The maximum atomic E-state index is 8.98. The molecule has 2 N–H and O–H groups in total. The first kappa shape index (κ1) is 10.0. The Kier molecular flexibility index (Phi) is 3.53. The van der Waals surface area contributed by atoms with E-state index < -0.39 is 0 Å². The average molecular weight is 171 g/mol. The van der Waals surface area contributed by atoms with Crippen LogP contribution >= 0.6 is 0 Å². The topological polar surface area (TPSA) is 32.3 Å². The van der Waals surface area contributed by atoms with Gasteiger partial charge >= 0.3 is 0 Å². The largest absolute Gasteiger partial charge is 0.396 e. The molecular formula is C10H21NO. The van der Waals surface area contributed by atoms with Crippen molar-refractivity contribution in [3.63, 3.8) is 0 Å². The van der Waals surface area contributed by atoms with E-state index in [1.54, 1.807) is 0 Å². The highest BCUT2D eigenvalue weighted by atomic mass is 16.3. The van der Waals surface area contributed by atoms with Gasteiger partial charge in [0.1, 0.15) is 0 Å². The second-order valence-electron chi connectivity index (χ2n) is 4.30. The second-order valence-corrected chi connectivity index (χ2v) is 4.30. The van der Waals surface area contributed by atoms with Crippen LogP contribution < -0.4 is 5.32 Å². The van der Waals surface area contributed by atoms with Crippen LogP contribution in [-0.4, -0.2) is 23.8 Å². The van der Waals surface area contributed by atoms with Gasteiger partial charge in [0.05, 0.1) is 0 Å². The fourth-order valence-electron chi connectivity index (χ4n) is 2.06. The molecule has 2 heteroatoms. The quantitative estimate of drug-likeness (QED) is 0.672. The Hall–Kier alpha value is -0.0800. The summed E-state index contributed by atoms with van der Waals surface area (Å²) in [5.74, 6) is 0.492. The first-order valence-corrected chi connectivity index (χ1v) is 5.06. The van der Waals surface area contributed by atoms with Gasteiger partial charge in [-0.1, -0.05) is 19.8 Å². The van der Waals surface area contributed by atoms with E-state index in [0.717, 1.165) is 13.0 Å². The maximum Gasteiger partial charge on any atom is 0.0472 e. The number of aliphatic hydroxyl groups excluding tert-OH is 1. The number of rotatable bonds is 4. The Morgan fingerprint density at radius 2 is 2.33 bits per heavy atom. The molecule has 1 aliphatic heterocycles. The van der Waals surface area contributed by atoms with Crippen LogP contribution in [0, 0.1) is 5.92 Å².